The number of amides is 1. The molecule has 1 fully saturated rings. The molecular formula is C21H33N5O4S. The summed E-state index contributed by atoms with van der Waals surface area (Å²) in [6.07, 6.45) is 2.96. The molecule has 10 heteroatoms. The number of nitrogens with one attached hydrogen (secondary N) is 1. The second-order valence-electron chi connectivity index (χ2n) is 9.35. The Labute approximate surface area is 185 Å². The van der Waals surface area contributed by atoms with E-state index >= 15 is 0 Å². The zero-order valence-corrected chi connectivity index (χ0v) is 19.9. The number of nitrogens with zero attached hydrogens (tertiary/aromatic N) is 4. The summed E-state index contributed by atoms with van der Waals surface area (Å²) in [6.45, 7) is 10.9. The first-order valence-corrected chi connectivity index (χ1v) is 12.1. The highest BCUT2D eigenvalue weighted by atomic mass is 32.2. The van der Waals surface area contributed by atoms with Crippen molar-refractivity contribution in [3.05, 3.63) is 17.8 Å². The Kier molecular flexibility index (Phi) is 6.90. The number of rotatable bonds is 5. The molecule has 2 aromatic rings. The quantitative estimate of drug-likeness (QED) is 0.673. The summed E-state index contributed by atoms with van der Waals surface area (Å²) in [4.78, 5) is 18.5. The summed E-state index contributed by atoms with van der Waals surface area (Å²) in [5.41, 5.74) is 1.11. The first-order chi connectivity index (χ1) is 14.5. The van der Waals surface area contributed by atoms with Crippen LogP contribution in [-0.2, 0) is 15.5 Å². The number of hydrogen-bond acceptors (Lipinski definition) is 7. The Balaban J connectivity index is 1.69. The van der Waals surface area contributed by atoms with Crippen molar-refractivity contribution in [2.24, 2.45) is 5.92 Å². The summed E-state index contributed by atoms with van der Waals surface area (Å²) in [5.74, 6) is 0.793. The van der Waals surface area contributed by atoms with Gasteiger partial charge in [-0.05, 0) is 33.1 Å². The van der Waals surface area contributed by atoms with Crippen LogP contribution in [0.2, 0.25) is 0 Å². The number of β-amino-alcohol motifs (C(OH)–C–C–N with tert-alkyl or cyclic N) is 1. The molecule has 0 aromatic carbocycles. The Bertz CT molecular complexity index is 969. The lowest BCUT2D eigenvalue weighted by atomic mass is 9.94. The molecular weight excluding hydrogens is 418 g/mol. The number of carbonyl (C=O) groups is 1. The standard InChI is InChI=1S/C21H33N5O4S/c1-13(2)15-11-23-26-18(31(6)29)9-17(24-19(15)26)22-10-14-7-8-25(12-16(14)27)20(28)30-21(3,4)5/h9,11,13-14,16,27H,7-8,10,12H2,1-6H3,(H,22,24)/t14-,16+,31?/m1/s1. The minimum absolute atomic E-state index is 0.0400. The topological polar surface area (TPSA) is 109 Å². The summed E-state index contributed by atoms with van der Waals surface area (Å²) in [7, 11) is -1.23. The van der Waals surface area contributed by atoms with Crippen LogP contribution in [0.5, 0.6) is 0 Å². The minimum atomic E-state index is -1.23. The molecule has 2 aromatic heterocycles. The van der Waals surface area contributed by atoms with E-state index < -0.39 is 28.6 Å². The number of aliphatic hydroxyl groups excluding tert-OH is 1. The third-order valence-electron chi connectivity index (χ3n) is 5.30. The predicted molar refractivity (Wildman–Crippen MR) is 120 cm³/mol. The van der Waals surface area contributed by atoms with E-state index in [1.807, 2.05) is 20.8 Å². The van der Waals surface area contributed by atoms with Crippen LogP contribution in [-0.4, -0.2) is 72.5 Å². The van der Waals surface area contributed by atoms with Crippen LogP contribution in [0.4, 0.5) is 10.6 Å². The SMILES string of the molecule is CC(C)c1cnn2c(S(C)=O)cc(NC[C@H]3CCN(C(=O)OC(C)(C)C)C[C@@H]3O)nc12. The molecule has 1 unspecified atom stereocenters. The maximum atomic E-state index is 12.3. The van der Waals surface area contributed by atoms with Crippen LogP contribution in [0.3, 0.4) is 0 Å². The Morgan fingerprint density at radius 1 is 1.42 bits per heavy atom. The molecule has 9 nitrogen and oxygen atoms in total. The first-order valence-electron chi connectivity index (χ1n) is 10.6. The lowest BCUT2D eigenvalue weighted by Crippen LogP contribution is -2.49. The molecule has 0 bridgehead atoms. The van der Waals surface area contributed by atoms with Gasteiger partial charge < -0.3 is 20.1 Å². The third-order valence-corrected chi connectivity index (χ3v) is 6.18. The molecule has 0 radical (unpaired) electrons. The van der Waals surface area contributed by atoms with Gasteiger partial charge in [0.2, 0.25) is 0 Å². The summed E-state index contributed by atoms with van der Waals surface area (Å²) in [6, 6.07) is 1.74. The molecule has 172 valence electrons. The molecule has 3 atom stereocenters. The van der Waals surface area contributed by atoms with Gasteiger partial charge in [-0.15, -0.1) is 0 Å². The van der Waals surface area contributed by atoms with Gasteiger partial charge in [-0.25, -0.2) is 14.3 Å². The monoisotopic (exact) mass is 451 g/mol. The van der Waals surface area contributed by atoms with E-state index in [1.54, 1.807) is 27.9 Å². The van der Waals surface area contributed by atoms with Crippen LogP contribution < -0.4 is 5.32 Å². The Morgan fingerprint density at radius 2 is 2.13 bits per heavy atom. The van der Waals surface area contributed by atoms with Crippen molar-refractivity contribution >= 4 is 28.4 Å². The largest absolute Gasteiger partial charge is 0.444 e. The molecule has 1 amide bonds. The Morgan fingerprint density at radius 3 is 2.71 bits per heavy atom. The van der Waals surface area contributed by atoms with Crippen LogP contribution in [0, 0.1) is 5.92 Å². The maximum Gasteiger partial charge on any atom is 0.410 e. The van der Waals surface area contributed by atoms with Gasteiger partial charge in [0.05, 0.1) is 29.6 Å². The normalized spacial score (nSPS) is 20.8. The van der Waals surface area contributed by atoms with Crippen LogP contribution in [0.1, 0.15) is 52.5 Å². The van der Waals surface area contributed by atoms with E-state index in [1.165, 1.54) is 0 Å². The highest BCUT2D eigenvalue weighted by Crippen LogP contribution is 2.24. The van der Waals surface area contributed by atoms with Crippen molar-refractivity contribution < 1.29 is 18.8 Å². The van der Waals surface area contributed by atoms with E-state index in [2.05, 4.69) is 29.2 Å². The molecule has 0 aliphatic carbocycles. The highest BCUT2D eigenvalue weighted by Gasteiger charge is 2.32. The molecule has 0 saturated carbocycles. The highest BCUT2D eigenvalue weighted by molar-refractivity contribution is 7.84. The number of piperidine rings is 1. The fraction of sp³-hybridized carbons (Fsp3) is 0.667. The molecule has 1 aliphatic rings. The summed E-state index contributed by atoms with van der Waals surface area (Å²) < 4.78 is 19.3. The van der Waals surface area contributed by atoms with Gasteiger partial charge in [0, 0.05) is 36.9 Å². The van der Waals surface area contributed by atoms with Crippen LogP contribution >= 0.6 is 0 Å². The third kappa shape index (κ3) is 5.54. The molecule has 31 heavy (non-hydrogen) atoms. The smallest absolute Gasteiger partial charge is 0.410 e. The van der Waals surface area contributed by atoms with Gasteiger partial charge in [0.25, 0.3) is 0 Å². The number of carbonyl (C=O) groups excluding carboxylic acids is 1. The number of hydrogen-bond donors (Lipinski definition) is 2. The average molecular weight is 452 g/mol. The lowest BCUT2D eigenvalue weighted by Gasteiger charge is -2.36. The number of fused-ring (bicyclic) bond motifs is 1. The van der Waals surface area contributed by atoms with Crippen LogP contribution in [0.25, 0.3) is 5.65 Å². The van der Waals surface area contributed by atoms with E-state index in [0.717, 1.165) is 5.56 Å². The molecule has 0 spiro atoms. The van der Waals surface area contributed by atoms with Crippen molar-refractivity contribution in [3.8, 4) is 0 Å². The van der Waals surface area contributed by atoms with Gasteiger partial charge in [-0.3, -0.25) is 4.21 Å². The zero-order chi connectivity index (χ0) is 22.9. The van der Waals surface area contributed by atoms with Gasteiger partial charge in [0.15, 0.2) is 5.65 Å². The fourth-order valence-corrected chi connectivity index (χ4v) is 4.26. The van der Waals surface area contributed by atoms with E-state index in [0.29, 0.717) is 36.0 Å². The Hall–Kier alpha value is -2.20. The van der Waals surface area contributed by atoms with Gasteiger partial charge in [0.1, 0.15) is 16.4 Å². The molecule has 2 N–H and O–H groups in total. The van der Waals surface area contributed by atoms with Crippen molar-refractivity contribution in [2.75, 3.05) is 31.2 Å². The predicted octanol–water partition coefficient (Wildman–Crippen LogP) is 2.62. The zero-order valence-electron chi connectivity index (χ0n) is 19.1. The fourth-order valence-electron chi connectivity index (χ4n) is 3.60. The lowest BCUT2D eigenvalue weighted by molar-refractivity contribution is -0.0104. The molecule has 1 saturated heterocycles. The number of ether oxygens (including phenoxy) is 1. The number of aromatic nitrogens is 3. The van der Waals surface area contributed by atoms with Gasteiger partial charge in [-0.1, -0.05) is 13.8 Å². The number of aliphatic hydroxyl groups is 1. The first kappa shape index (κ1) is 23.5. The molecule has 3 heterocycles. The van der Waals surface area contributed by atoms with Gasteiger partial charge >= 0.3 is 6.09 Å². The van der Waals surface area contributed by atoms with E-state index in [4.69, 9.17) is 4.74 Å². The van der Waals surface area contributed by atoms with Crippen LogP contribution in [0.15, 0.2) is 17.3 Å². The van der Waals surface area contributed by atoms with E-state index in [-0.39, 0.29) is 18.4 Å². The average Bonchev–Trinajstić information content (AvgIpc) is 3.09. The van der Waals surface area contributed by atoms with Crippen molar-refractivity contribution in [2.45, 2.75) is 63.7 Å². The summed E-state index contributed by atoms with van der Waals surface area (Å²) in [5, 5.41) is 18.8. The second kappa shape index (κ2) is 9.12. The molecule has 3 rings (SSSR count). The minimum Gasteiger partial charge on any atom is -0.444 e. The second-order valence-corrected chi connectivity index (χ2v) is 10.7. The van der Waals surface area contributed by atoms with Crippen molar-refractivity contribution in [3.63, 3.8) is 0 Å². The van der Waals surface area contributed by atoms with Crippen molar-refractivity contribution in [1.29, 1.82) is 0 Å². The number of likely N-dealkylation sites (tertiary alicyclic amines) is 1. The van der Waals surface area contributed by atoms with Gasteiger partial charge in [-0.2, -0.15) is 5.10 Å². The summed E-state index contributed by atoms with van der Waals surface area (Å²) >= 11 is 0. The van der Waals surface area contributed by atoms with Crippen molar-refractivity contribution in [1.82, 2.24) is 19.5 Å². The molecule has 1 aliphatic heterocycles. The maximum absolute atomic E-state index is 12.3. The van der Waals surface area contributed by atoms with E-state index in [9.17, 15) is 14.1 Å². The number of anilines is 1.